The molecule has 4 nitrogen and oxygen atoms in total. The minimum atomic E-state index is -0.801. The van der Waals surface area contributed by atoms with Gasteiger partial charge in [0.1, 0.15) is 11.3 Å². The summed E-state index contributed by atoms with van der Waals surface area (Å²) in [4.78, 5) is 22.6. The van der Waals surface area contributed by atoms with Gasteiger partial charge in [0.25, 0.3) is 0 Å². The Hall–Kier alpha value is -2.10. The van der Waals surface area contributed by atoms with Gasteiger partial charge in [-0.25, -0.2) is 9.59 Å². The van der Waals surface area contributed by atoms with E-state index in [0.717, 1.165) is 0 Å². The molecule has 0 saturated carbocycles. The van der Waals surface area contributed by atoms with E-state index in [4.69, 9.17) is 4.74 Å². The largest absolute Gasteiger partial charge is 0.462 e. The Kier molecular flexibility index (Phi) is 4.27. The predicted molar refractivity (Wildman–Crippen MR) is 57.9 cm³/mol. The molecule has 84 valence electrons. The Morgan fingerprint density at radius 1 is 1.19 bits per heavy atom. The maximum absolute atomic E-state index is 11.4. The summed E-state index contributed by atoms with van der Waals surface area (Å²) in [6.45, 7) is 5.16. The second kappa shape index (κ2) is 5.70. The van der Waals surface area contributed by atoms with Gasteiger partial charge in [0.15, 0.2) is 0 Å². The maximum Gasteiger partial charge on any atom is 0.350 e. The molecule has 0 unspecified atom stereocenters. The van der Waals surface area contributed by atoms with Crippen LogP contribution in [0.2, 0.25) is 0 Å². The Morgan fingerprint density at radius 3 is 2.38 bits per heavy atom. The van der Waals surface area contributed by atoms with Crippen LogP contribution in [0.15, 0.2) is 42.5 Å². The quantitative estimate of drug-likeness (QED) is 0.255. The van der Waals surface area contributed by atoms with E-state index in [9.17, 15) is 9.59 Å². The van der Waals surface area contributed by atoms with Crippen molar-refractivity contribution in [3.8, 4) is 5.75 Å². The Bertz CT molecular complexity index is 395. The van der Waals surface area contributed by atoms with E-state index in [1.165, 1.54) is 0 Å². The maximum atomic E-state index is 11.4. The van der Waals surface area contributed by atoms with Crippen LogP contribution < -0.4 is 4.74 Å². The summed E-state index contributed by atoms with van der Waals surface area (Å²) in [6, 6.07) is 8.44. The molecule has 0 amide bonds. The van der Waals surface area contributed by atoms with Gasteiger partial charge in [-0.2, -0.15) is 0 Å². The second-order valence-electron chi connectivity index (χ2n) is 2.90. The number of carbonyl (C=O) groups is 2. The zero-order chi connectivity index (χ0) is 12.0. The third-order valence-electron chi connectivity index (χ3n) is 1.72. The van der Waals surface area contributed by atoms with Crippen molar-refractivity contribution >= 4 is 11.9 Å². The molecule has 0 N–H and O–H groups in total. The van der Waals surface area contributed by atoms with Gasteiger partial charge < -0.3 is 9.47 Å². The van der Waals surface area contributed by atoms with Crippen LogP contribution >= 0.6 is 0 Å². The third kappa shape index (κ3) is 3.24. The molecule has 4 heteroatoms. The zero-order valence-corrected chi connectivity index (χ0v) is 8.93. The smallest absolute Gasteiger partial charge is 0.350 e. The molecule has 0 saturated heterocycles. The number of benzene rings is 1. The first-order chi connectivity index (χ1) is 7.65. The molecule has 0 aliphatic heterocycles. The van der Waals surface area contributed by atoms with Gasteiger partial charge in [0, 0.05) is 0 Å². The fourth-order valence-corrected chi connectivity index (χ4v) is 0.959. The lowest BCUT2D eigenvalue weighted by Gasteiger charge is -2.05. The van der Waals surface area contributed by atoms with Crippen LogP contribution in [0.5, 0.6) is 5.75 Å². The number of hydrogen-bond acceptors (Lipinski definition) is 4. The monoisotopic (exact) mass is 220 g/mol. The number of carbonyl (C=O) groups excluding carboxylic acids is 2. The highest BCUT2D eigenvalue weighted by molar-refractivity contribution is 6.14. The molecular weight excluding hydrogens is 208 g/mol. The SMILES string of the molecule is C=C(C(=O)OCC)C(=O)Oc1ccccc1. The van der Waals surface area contributed by atoms with Crippen LogP contribution in [0.25, 0.3) is 0 Å². The first-order valence-corrected chi connectivity index (χ1v) is 4.78. The Balaban J connectivity index is 2.59. The van der Waals surface area contributed by atoms with Crippen LogP contribution in [0, 0.1) is 0 Å². The molecule has 0 aromatic heterocycles. The molecule has 0 spiro atoms. The molecule has 0 fully saturated rings. The summed E-state index contributed by atoms with van der Waals surface area (Å²) < 4.78 is 9.53. The molecule has 1 rings (SSSR count). The minimum Gasteiger partial charge on any atom is -0.462 e. The molecular formula is C12H12O4. The summed E-state index contributed by atoms with van der Waals surface area (Å²) in [5, 5.41) is 0. The fraction of sp³-hybridized carbons (Fsp3) is 0.167. The number of para-hydroxylation sites is 1. The molecule has 1 aromatic rings. The highest BCUT2D eigenvalue weighted by Gasteiger charge is 2.18. The lowest BCUT2D eigenvalue weighted by molar-refractivity contribution is -0.142. The normalized spacial score (nSPS) is 9.31. The van der Waals surface area contributed by atoms with Gasteiger partial charge in [-0.15, -0.1) is 0 Å². The van der Waals surface area contributed by atoms with Crippen molar-refractivity contribution in [2.45, 2.75) is 6.92 Å². The highest BCUT2D eigenvalue weighted by atomic mass is 16.6. The average Bonchev–Trinajstić information content (AvgIpc) is 2.29. The van der Waals surface area contributed by atoms with Crippen molar-refractivity contribution in [1.29, 1.82) is 0 Å². The van der Waals surface area contributed by atoms with Crippen molar-refractivity contribution in [1.82, 2.24) is 0 Å². The molecule has 16 heavy (non-hydrogen) atoms. The fourth-order valence-electron chi connectivity index (χ4n) is 0.959. The second-order valence-corrected chi connectivity index (χ2v) is 2.90. The van der Waals surface area contributed by atoms with Crippen LogP contribution in [0.4, 0.5) is 0 Å². The number of ether oxygens (including phenoxy) is 2. The summed E-state index contributed by atoms with van der Waals surface area (Å²) in [7, 11) is 0. The van der Waals surface area contributed by atoms with Gasteiger partial charge in [0.2, 0.25) is 0 Å². The molecule has 0 atom stereocenters. The van der Waals surface area contributed by atoms with Crippen LogP contribution in [-0.4, -0.2) is 18.5 Å². The van der Waals surface area contributed by atoms with E-state index in [-0.39, 0.29) is 12.2 Å². The van der Waals surface area contributed by atoms with Gasteiger partial charge >= 0.3 is 11.9 Å². The summed E-state index contributed by atoms with van der Waals surface area (Å²) in [5.41, 5.74) is -0.314. The summed E-state index contributed by atoms with van der Waals surface area (Å²) in [5.74, 6) is -1.20. The van der Waals surface area contributed by atoms with Crippen LogP contribution in [-0.2, 0) is 14.3 Å². The van der Waals surface area contributed by atoms with Crippen molar-refractivity contribution in [3.05, 3.63) is 42.5 Å². The number of rotatable bonds is 4. The number of hydrogen-bond donors (Lipinski definition) is 0. The molecule has 0 heterocycles. The lowest BCUT2D eigenvalue weighted by atomic mass is 10.3. The molecule has 1 aromatic carbocycles. The molecule has 0 aliphatic carbocycles. The average molecular weight is 220 g/mol. The number of esters is 2. The first-order valence-electron chi connectivity index (χ1n) is 4.78. The predicted octanol–water partition coefficient (Wildman–Crippen LogP) is 1.71. The van der Waals surface area contributed by atoms with Gasteiger partial charge in [-0.05, 0) is 19.1 Å². The van der Waals surface area contributed by atoms with Crippen molar-refractivity contribution in [2.24, 2.45) is 0 Å². The lowest BCUT2D eigenvalue weighted by Crippen LogP contribution is -2.19. The standard InChI is InChI=1S/C12H12O4/c1-3-15-11(13)9(2)12(14)16-10-7-5-4-6-8-10/h4-8H,2-3H2,1H3. The van der Waals surface area contributed by atoms with Gasteiger partial charge in [0.05, 0.1) is 6.61 Å². The van der Waals surface area contributed by atoms with Gasteiger partial charge in [-0.3, -0.25) is 0 Å². The van der Waals surface area contributed by atoms with Crippen LogP contribution in [0.1, 0.15) is 6.92 Å². The zero-order valence-electron chi connectivity index (χ0n) is 8.93. The van der Waals surface area contributed by atoms with E-state index >= 15 is 0 Å². The van der Waals surface area contributed by atoms with Crippen molar-refractivity contribution in [2.75, 3.05) is 6.61 Å². The summed E-state index contributed by atoms with van der Waals surface area (Å²) >= 11 is 0. The third-order valence-corrected chi connectivity index (χ3v) is 1.72. The van der Waals surface area contributed by atoms with Crippen molar-refractivity contribution < 1.29 is 19.1 Å². The van der Waals surface area contributed by atoms with E-state index < -0.39 is 11.9 Å². The minimum absolute atomic E-state index is 0.191. The van der Waals surface area contributed by atoms with Crippen LogP contribution in [0.3, 0.4) is 0 Å². The Morgan fingerprint density at radius 2 is 1.81 bits per heavy atom. The Labute approximate surface area is 93.5 Å². The van der Waals surface area contributed by atoms with E-state index in [1.54, 1.807) is 37.3 Å². The highest BCUT2D eigenvalue weighted by Crippen LogP contribution is 2.10. The van der Waals surface area contributed by atoms with E-state index in [2.05, 4.69) is 11.3 Å². The summed E-state index contributed by atoms with van der Waals surface area (Å²) in [6.07, 6.45) is 0. The van der Waals surface area contributed by atoms with E-state index in [1.807, 2.05) is 0 Å². The molecule has 0 radical (unpaired) electrons. The van der Waals surface area contributed by atoms with Gasteiger partial charge in [-0.1, -0.05) is 24.8 Å². The van der Waals surface area contributed by atoms with E-state index in [0.29, 0.717) is 5.75 Å². The first kappa shape index (κ1) is 12.0. The van der Waals surface area contributed by atoms with Crippen molar-refractivity contribution in [3.63, 3.8) is 0 Å². The topological polar surface area (TPSA) is 52.6 Å². The molecule has 0 aliphatic rings. The molecule has 0 bridgehead atoms.